The van der Waals surface area contributed by atoms with Gasteiger partial charge < -0.3 is 9.52 Å². The van der Waals surface area contributed by atoms with Crippen LogP contribution < -0.4 is 0 Å². The molecule has 3 nitrogen and oxygen atoms in total. The van der Waals surface area contributed by atoms with Crippen molar-refractivity contribution < 1.29 is 18.7 Å². The summed E-state index contributed by atoms with van der Waals surface area (Å²) in [5, 5.41) is 8.40. The van der Waals surface area contributed by atoms with E-state index in [9.17, 15) is 9.18 Å². The maximum absolute atomic E-state index is 13.0. The molecule has 0 saturated heterocycles. The van der Waals surface area contributed by atoms with Gasteiger partial charge in [0.15, 0.2) is 0 Å². The Kier molecular flexibility index (Phi) is 2.70. The van der Waals surface area contributed by atoms with Gasteiger partial charge in [0.1, 0.15) is 11.5 Å². The van der Waals surface area contributed by atoms with Crippen LogP contribution in [0.4, 0.5) is 4.39 Å². The average Bonchev–Trinajstić information content (AvgIpc) is 2.49. The predicted octanol–water partition coefficient (Wildman–Crippen LogP) is 2.11. The van der Waals surface area contributed by atoms with Crippen LogP contribution in [-0.4, -0.2) is 17.2 Å². The molecule has 72 valence electrons. The molecule has 1 rings (SSSR count). The summed E-state index contributed by atoms with van der Waals surface area (Å²) in [5.41, 5.74) is 0. The predicted molar refractivity (Wildman–Crippen MR) is 44.4 cm³/mol. The number of aliphatic carboxylic acids is 1. The Hall–Kier alpha value is -1.32. The highest BCUT2D eigenvalue weighted by molar-refractivity contribution is 5.73. The number of rotatable bonds is 3. The van der Waals surface area contributed by atoms with Gasteiger partial charge in [0, 0.05) is 0 Å². The van der Waals surface area contributed by atoms with Crippen LogP contribution in [0.1, 0.15) is 24.4 Å². The number of carbonyl (C=O) groups is 1. The molecule has 2 unspecified atom stereocenters. The Balaban J connectivity index is 2.78. The summed E-state index contributed by atoms with van der Waals surface area (Å²) >= 11 is 0. The van der Waals surface area contributed by atoms with Gasteiger partial charge >= 0.3 is 5.97 Å². The third kappa shape index (κ3) is 2.08. The number of furan rings is 1. The first-order chi connectivity index (χ1) is 6.02. The van der Waals surface area contributed by atoms with E-state index in [4.69, 9.17) is 9.52 Å². The van der Waals surface area contributed by atoms with Crippen LogP contribution in [0.15, 0.2) is 16.5 Å². The highest BCUT2D eigenvalue weighted by Crippen LogP contribution is 2.23. The summed E-state index contributed by atoms with van der Waals surface area (Å²) in [7, 11) is 0. The van der Waals surface area contributed by atoms with Gasteiger partial charge in [0.2, 0.25) is 6.17 Å². The first-order valence-electron chi connectivity index (χ1n) is 3.95. The van der Waals surface area contributed by atoms with E-state index >= 15 is 0 Å². The lowest BCUT2D eigenvalue weighted by Gasteiger charge is -2.09. The van der Waals surface area contributed by atoms with Crippen LogP contribution in [-0.2, 0) is 4.79 Å². The van der Waals surface area contributed by atoms with Gasteiger partial charge in [-0.15, -0.1) is 0 Å². The van der Waals surface area contributed by atoms with Crippen molar-refractivity contribution in [3.8, 4) is 0 Å². The van der Waals surface area contributed by atoms with Crippen molar-refractivity contribution in [1.29, 1.82) is 0 Å². The third-order valence-electron chi connectivity index (χ3n) is 1.88. The van der Waals surface area contributed by atoms with Crippen molar-refractivity contribution in [2.24, 2.45) is 0 Å². The van der Waals surface area contributed by atoms with Crippen LogP contribution in [0.3, 0.4) is 0 Å². The van der Waals surface area contributed by atoms with E-state index in [1.54, 1.807) is 19.1 Å². The summed E-state index contributed by atoms with van der Waals surface area (Å²) in [6, 6.07) is 3.27. The number of aryl methyl sites for hydroxylation is 1. The molecular formula is C9H11FO3. The number of hydrogen-bond donors (Lipinski definition) is 1. The fraction of sp³-hybridized carbons (Fsp3) is 0.444. The van der Waals surface area contributed by atoms with Crippen molar-refractivity contribution in [3.63, 3.8) is 0 Å². The van der Waals surface area contributed by atoms with E-state index in [2.05, 4.69) is 0 Å². The van der Waals surface area contributed by atoms with Crippen molar-refractivity contribution in [2.45, 2.75) is 25.9 Å². The summed E-state index contributed by atoms with van der Waals surface area (Å²) < 4.78 is 18.1. The molecule has 0 saturated carbocycles. The fourth-order valence-electron chi connectivity index (χ4n) is 1.06. The molecule has 0 aliphatic rings. The molecule has 0 radical (unpaired) electrons. The summed E-state index contributed by atoms with van der Waals surface area (Å²) in [6.45, 7) is 3.21. The second-order valence-corrected chi connectivity index (χ2v) is 2.98. The molecule has 2 atom stereocenters. The monoisotopic (exact) mass is 186 g/mol. The van der Waals surface area contributed by atoms with E-state index in [1.165, 1.54) is 6.92 Å². The SMILES string of the molecule is Cc1ccc(C(C)C(F)C(=O)O)o1. The third-order valence-corrected chi connectivity index (χ3v) is 1.88. The Bertz CT molecular complexity index is 306. The Labute approximate surface area is 75.2 Å². The zero-order chi connectivity index (χ0) is 10.0. The lowest BCUT2D eigenvalue weighted by molar-refractivity contribution is -0.143. The van der Waals surface area contributed by atoms with Crippen LogP contribution in [0, 0.1) is 6.92 Å². The lowest BCUT2D eigenvalue weighted by Crippen LogP contribution is -2.20. The normalized spacial score (nSPS) is 15.3. The number of hydrogen-bond acceptors (Lipinski definition) is 2. The first kappa shape index (κ1) is 9.77. The average molecular weight is 186 g/mol. The topological polar surface area (TPSA) is 50.4 Å². The number of halogens is 1. The summed E-state index contributed by atoms with van der Waals surface area (Å²) in [6.07, 6.45) is -1.91. The lowest BCUT2D eigenvalue weighted by atomic mass is 10.0. The smallest absolute Gasteiger partial charge is 0.339 e. The molecule has 0 fully saturated rings. The molecule has 0 aliphatic carbocycles. The Morgan fingerprint density at radius 3 is 2.62 bits per heavy atom. The second-order valence-electron chi connectivity index (χ2n) is 2.98. The quantitative estimate of drug-likeness (QED) is 0.786. The van der Waals surface area contributed by atoms with E-state index < -0.39 is 18.1 Å². The zero-order valence-electron chi connectivity index (χ0n) is 7.45. The first-order valence-corrected chi connectivity index (χ1v) is 3.95. The second kappa shape index (κ2) is 3.60. The van der Waals surface area contributed by atoms with E-state index in [0.29, 0.717) is 11.5 Å². The van der Waals surface area contributed by atoms with Crippen molar-refractivity contribution >= 4 is 5.97 Å². The summed E-state index contributed by atoms with van der Waals surface area (Å²) in [5.74, 6) is -1.18. The molecule has 0 spiro atoms. The Morgan fingerprint density at radius 1 is 1.62 bits per heavy atom. The Morgan fingerprint density at radius 2 is 2.23 bits per heavy atom. The van der Waals surface area contributed by atoms with E-state index in [1.807, 2.05) is 0 Å². The van der Waals surface area contributed by atoms with Gasteiger partial charge in [0.05, 0.1) is 5.92 Å². The van der Waals surface area contributed by atoms with Crippen LogP contribution in [0.2, 0.25) is 0 Å². The minimum atomic E-state index is -1.91. The van der Waals surface area contributed by atoms with Crippen LogP contribution in [0.5, 0.6) is 0 Å². The highest BCUT2D eigenvalue weighted by atomic mass is 19.1. The minimum Gasteiger partial charge on any atom is -0.479 e. The molecule has 13 heavy (non-hydrogen) atoms. The van der Waals surface area contributed by atoms with Gasteiger partial charge in [-0.1, -0.05) is 6.92 Å². The highest BCUT2D eigenvalue weighted by Gasteiger charge is 2.27. The molecule has 0 aliphatic heterocycles. The fourth-order valence-corrected chi connectivity index (χ4v) is 1.06. The number of carboxylic acids is 1. The van der Waals surface area contributed by atoms with Gasteiger partial charge in [-0.3, -0.25) is 0 Å². The molecule has 1 aromatic rings. The zero-order valence-corrected chi connectivity index (χ0v) is 7.45. The molecule has 0 aromatic carbocycles. The van der Waals surface area contributed by atoms with Gasteiger partial charge in [-0.05, 0) is 19.1 Å². The van der Waals surface area contributed by atoms with Crippen molar-refractivity contribution in [2.75, 3.05) is 0 Å². The van der Waals surface area contributed by atoms with Gasteiger partial charge in [0.25, 0.3) is 0 Å². The maximum Gasteiger partial charge on any atom is 0.339 e. The van der Waals surface area contributed by atoms with Gasteiger partial charge in [-0.25, -0.2) is 9.18 Å². The van der Waals surface area contributed by atoms with Crippen LogP contribution in [0.25, 0.3) is 0 Å². The minimum absolute atomic E-state index is 0.368. The summed E-state index contributed by atoms with van der Waals surface area (Å²) in [4.78, 5) is 10.3. The van der Waals surface area contributed by atoms with E-state index in [0.717, 1.165) is 0 Å². The molecule has 0 bridgehead atoms. The molecular weight excluding hydrogens is 175 g/mol. The standard InChI is InChI=1S/C9H11FO3/c1-5-3-4-7(13-5)6(2)8(10)9(11)12/h3-4,6,8H,1-2H3,(H,11,12). The molecule has 1 aromatic heterocycles. The molecule has 4 heteroatoms. The van der Waals surface area contributed by atoms with Crippen molar-refractivity contribution in [3.05, 3.63) is 23.7 Å². The van der Waals surface area contributed by atoms with Crippen LogP contribution >= 0.6 is 0 Å². The molecule has 0 amide bonds. The molecule has 1 N–H and O–H groups in total. The number of carboxylic acid groups (broad SMARTS) is 1. The van der Waals surface area contributed by atoms with E-state index in [-0.39, 0.29) is 0 Å². The van der Waals surface area contributed by atoms with Crippen molar-refractivity contribution in [1.82, 2.24) is 0 Å². The van der Waals surface area contributed by atoms with Gasteiger partial charge in [-0.2, -0.15) is 0 Å². The maximum atomic E-state index is 13.0. The molecule has 1 heterocycles. The largest absolute Gasteiger partial charge is 0.479 e. The number of alkyl halides is 1.